The number of aromatic nitrogens is 2. The average molecular weight is 379 g/mol. The van der Waals surface area contributed by atoms with Crippen LogP contribution in [0.5, 0.6) is 5.75 Å². The Kier molecular flexibility index (Phi) is 4.50. The largest absolute Gasteiger partial charge is 0.494 e. The fourth-order valence-electron chi connectivity index (χ4n) is 6.02. The number of benzene rings is 1. The van der Waals surface area contributed by atoms with Crippen molar-refractivity contribution in [1.82, 2.24) is 15.1 Å². The zero-order chi connectivity index (χ0) is 19.1. The molecule has 3 aliphatic rings. The van der Waals surface area contributed by atoms with Gasteiger partial charge in [0.1, 0.15) is 5.75 Å². The summed E-state index contributed by atoms with van der Waals surface area (Å²) in [5.74, 6) is 4.46. The zero-order valence-corrected chi connectivity index (χ0v) is 16.9. The maximum atomic E-state index is 5.83. The number of ether oxygens (including phenoxy) is 1. The van der Waals surface area contributed by atoms with E-state index in [1.54, 1.807) is 6.20 Å². The number of hydrogen-bond acceptors (Lipinski definition) is 5. The Hall–Kier alpha value is -2.14. The van der Waals surface area contributed by atoms with Crippen LogP contribution >= 0.6 is 0 Å². The van der Waals surface area contributed by atoms with Crippen LogP contribution in [-0.4, -0.2) is 47.9 Å². The molecule has 5 nitrogen and oxygen atoms in total. The molecule has 1 aromatic heterocycles. The molecule has 0 bridgehead atoms. The molecule has 1 aromatic carbocycles. The van der Waals surface area contributed by atoms with Crippen molar-refractivity contribution < 1.29 is 4.74 Å². The quantitative estimate of drug-likeness (QED) is 0.796. The van der Waals surface area contributed by atoms with Crippen LogP contribution in [0.1, 0.15) is 32.3 Å². The van der Waals surface area contributed by atoms with Gasteiger partial charge in [-0.15, -0.1) is 5.10 Å². The second kappa shape index (κ2) is 7.03. The third-order valence-electron chi connectivity index (χ3n) is 7.11. The summed E-state index contributed by atoms with van der Waals surface area (Å²) in [5, 5.41) is 8.35. The van der Waals surface area contributed by atoms with E-state index >= 15 is 0 Å². The van der Waals surface area contributed by atoms with Crippen LogP contribution < -0.4 is 9.64 Å². The highest BCUT2D eigenvalue weighted by molar-refractivity contribution is 5.43. The third kappa shape index (κ3) is 2.79. The maximum absolute atomic E-state index is 5.83. The smallest absolute Gasteiger partial charge is 0.151 e. The molecular formula is C23H30N4O. The predicted octanol–water partition coefficient (Wildman–Crippen LogP) is 3.57. The molecule has 2 saturated carbocycles. The minimum absolute atomic E-state index is 0.216. The van der Waals surface area contributed by atoms with Crippen molar-refractivity contribution in [3.63, 3.8) is 0 Å². The van der Waals surface area contributed by atoms with Crippen LogP contribution in [0.25, 0.3) is 0 Å². The van der Waals surface area contributed by atoms with Crippen molar-refractivity contribution in [1.29, 1.82) is 0 Å². The summed E-state index contributed by atoms with van der Waals surface area (Å²) < 4.78 is 5.83. The number of anilines is 1. The van der Waals surface area contributed by atoms with E-state index in [-0.39, 0.29) is 5.54 Å². The zero-order valence-electron chi connectivity index (χ0n) is 16.9. The summed E-state index contributed by atoms with van der Waals surface area (Å²) in [6.07, 6.45) is 4.45. The van der Waals surface area contributed by atoms with Crippen molar-refractivity contribution in [2.45, 2.75) is 32.2 Å². The normalized spacial score (nSPS) is 32.2. The molecule has 0 N–H and O–H groups in total. The van der Waals surface area contributed by atoms with Crippen LogP contribution in [0, 0.1) is 17.8 Å². The van der Waals surface area contributed by atoms with Gasteiger partial charge < -0.3 is 9.64 Å². The molecule has 5 heteroatoms. The number of piperazine rings is 1. The Morgan fingerprint density at radius 2 is 1.86 bits per heavy atom. The summed E-state index contributed by atoms with van der Waals surface area (Å²) in [6.45, 7) is 9.38. The summed E-state index contributed by atoms with van der Waals surface area (Å²) in [6, 6.07) is 12.9. The van der Waals surface area contributed by atoms with Crippen molar-refractivity contribution in [2.75, 3.05) is 37.7 Å². The van der Waals surface area contributed by atoms with Gasteiger partial charge in [-0.25, -0.2) is 0 Å². The Morgan fingerprint density at radius 1 is 1.07 bits per heavy atom. The lowest BCUT2D eigenvalue weighted by Gasteiger charge is -2.42. The van der Waals surface area contributed by atoms with Gasteiger partial charge in [0.25, 0.3) is 0 Å². The van der Waals surface area contributed by atoms with Crippen LogP contribution in [0.3, 0.4) is 0 Å². The van der Waals surface area contributed by atoms with Crippen LogP contribution in [0.2, 0.25) is 0 Å². The highest BCUT2D eigenvalue weighted by Crippen LogP contribution is 2.70. The van der Waals surface area contributed by atoms with Gasteiger partial charge in [-0.2, -0.15) is 5.10 Å². The highest BCUT2D eigenvalue weighted by Gasteiger charge is 2.70. The monoisotopic (exact) mass is 378 g/mol. The lowest BCUT2D eigenvalue weighted by Crippen LogP contribution is -2.52. The van der Waals surface area contributed by atoms with Gasteiger partial charge in [0.05, 0.1) is 12.1 Å². The van der Waals surface area contributed by atoms with Crippen molar-refractivity contribution in [3.05, 3.63) is 48.2 Å². The molecule has 4 atom stereocenters. The molecule has 2 heterocycles. The van der Waals surface area contributed by atoms with E-state index in [0.717, 1.165) is 62.1 Å². The summed E-state index contributed by atoms with van der Waals surface area (Å²) in [4.78, 5) is 5.14. The van der Waals surface area contributed by atoms with Gasteiger partial charge in [0.2, 0.25) is 0 Å². The molecule has 3 fully saturated rings. The average Bonchev–Trinajstić information content (AvgIpc) is 3.16. The predicted molar refractivity (Wildman–Crippen MR) is 110 cm³/mol. The molecule has 5 rings (SSSR count). The van der Waals surface area contributed by atoms with Gasteiger partial charge in [-0.3, -0.25) is 4.90 Å². The Balaban J connectivity index is 1.40. The second-order valence-electron chi connectivity index (χ2n) is 8.63. The number of rotatable bonds is 5. The lowest BCUT2D eigenvalue weighted by molar-refractivity contribution is 0.124. The minimum Gasteiger partial charge on any atom is -0.494 e. The SMILES string of the molecule is CCOc1cccc(C2(N3CCN(c4cccnn4)CC3)[C@@H]3CC(C)C[C@@H]32)c1. The lowest BCUT2D eigenvalue weighted by atomic mass is 9.89. The Labute approximate surface area is 167 Å². The van der Waals surface area contributed by atoms with Gasteiger partial charge in [-0.1, -0.05) is 19.1 Å². The van der Waals surface area contributed by atoms with Gasteiger partial charge >= 0.3 is 0 Å². The fraction of sp³-hybridized carbons (Fsp3) is 0.565. The van der Waals surface area contributed by atoms with Crippen molar-refractivity contribution in [2.24, 2.45) is 17.8 Å². The Morgan fingerprint density at radius 3 is 2.54 bits per heavy atom. The van der Waals surface area contributed by atoms with E-state index in [2.05, 4.69) is 64.2 Å². The van der Waals surface area contributed by atoms with E-state index in [4.69, 9.17) is 4.74 Å². The number of hydrogen-bond donors (Lipinski definition) is 0. The van der Waals surface area contributed by atoms with Crippen LogP contribution in [0.15, 0.2) is 42.6 Å². The number of nitrogens with zero attached hydrogens (tertiary/aromatic N) is 4. The molecule has 0 radical (unpaired) electrons. The molecule has 2 unspecified atom stereocenters. The highest BCUT2D eigenvalue weighted by atomic mass is 16.5. The Bertz CT molecular complexity index is 806. The van der Waals surface area contributed by atoms with E-state index in [0.29, 0.717) is 0 Å². The minimum atomic E-state index is 0.216. The maximum Gasteiger partial charge on any atom is 0.151 e. The molecule has 0 spiro atoms. The van der Waals surface area contributed by atoms with E-state index in [1.165, 1.54) is 18.4 Å². The van der Waals surface area contributed by atoms with Gasteiger partial charge in [-0.05, 0) is 67.3 Å². The van der Waals surface area contributed by atoms with E-state index in [9.17, 15) is 0 Å². The molecule has 0 amide bonds. The van der Waals surface area contributed by atoms with E-state index in [1.807, 2.05) is 6.07 Å². The molecule has 148 valence electrons. The second-order valence-corrected chi connectivity index (χ2v) is 8.63. The first-order valence-electron chi connectivity index (χ1n) is 10.7. The van der Waals surface area contributed by atoms with Crippen LogP contribution in [0.4, 0.5) is 5.82 Å². The van der Waals surface area contributed by atoms with Crippen molar-refractivity contribution in [3.8, 4) is 5.75 Å². The summed E-state index contributed by atoms with van der Waals surface area (Å²) in [5.41, 5.74) is 1.68. The first-order chi connectivity index (χ1) is 13.7. The molecule has 2 aliphatic carbocycles. The van der Waals surface area contributed by atoms with Crippen LogP contribution in [-0.2, 0) is 5.54 Å². The molecule has 1 aliphatic heterocycles. The molecule has 28 heavy (non-hydrogen) atoms. The third-order valence-corrected chi connectivity index (χ3v) is 7.11. The summed E-state index contributed by atoms with van der Waals surface area (Å²) >= 11 is 0. The van der Waals surface area contributed by atoms with Crippen molar-refractivity contribution >= 4 is 5.82 Å². The topological polar surface area (TPSA) is 41.5 Å². The summed E-state index contributed by atoms with van der Waals surface area (Å²) in [7, 11) is 0. The number of fused-ring (bicyclic) bond motifs is 1. The first kappa shape index (κ1) is 17.9. The fourth-order valence-corrected chi connectivity index (χ4v) is 6.02. The van der Waals surface area contributed by atoms with Gasteiger partial charge in [0.15, 0.2) is 5.82 Å². The van der Waals surface area contributed by atoms with E-state index < -0.39 is 0 Å². The molecular weight excluding hydrogens is 348 g/mol. The molecule has 2 aromatic rings. The standard InChI is InChI=1S/C23H30N4O/c1-3-28-19-7-4-6-18(16-19)23(20-14-17(2)15-21(20)23)27-12-10-26(11-13-27)22-8-5-9-24-25-22/h4-9,16-17,20-21H,3,10-15H2,1-2H3/t17?,20-,21+,23?. The first-order valence-corrected chi connectivity index (χ1v) is 10.7. The molecule has 1 saturated heterocycles. The van der Waals surface area contributed by atoms with Gasteiger partial charge in [0, 0.05) is 32.4 Å².